The lowest BCUT2D eigenvalue weighted by molar-refractivity contribution is -0.148. The number of methoxy groups -OCH3 is 1. The van der Waals surface area contributed by atoms with Crippen molar-refractivity contribution in [1.82, 2.24) is 4.98 Å². The quantitative estimate of drug-likeness (QED) is 0.824. The van der Waals surface area contributed by atoms with Crippen molar-refractivity contribution in [3.05, 3.63) is 29.0 Å². The molecule has 0 radical (unpaired) electrons. The number of nitrogens with zero attached hydrogens (tertiary/aromatic N) is 1. The molecule has 1 rings (SSSR count). The molecule has 0 amide bonds. The van der Waals surface area contributed by atoms with Gasteiger partial charge in [-0.1, -0.05) is 11.6 Å². The number of carbonyl (C=O) groups is 1. The lowest BCUT2D eigenvalue weighted by Gasteiger charge is -2.09. The minimum absolute atomic E-state index is 0.239. The van der Waals surface area contributed by atoms with Crippen molar-refractivity contribution in [2.45, 2.75) is 12.5 Å². The third-order valence-corrected chi connectivity index (χ3v) is 1.97. The van der Waals surface area contributed by atoms with Gasteiger partial charge in [0.1, 0.15) is 0 Å². The summed E-state index contributed by atoms with van der Waals surface area (Å²) in [5.74, 6) is -0.996. The summed E-state index contributed by atoms with van der Waals surface area (Å²) in [5, 5.41) is 9.24. The second kappa shape index (κ2) is 4.93. The predicted molar refractivity (Wildman–Crippen MR) is 51.4 cm³/mol. The summed E-state index contributed by atoms with van der Waals surface area (Å²) < 4.78 is 4.77. The molecule has 0 aliphatic carbocycles. The minimum Gasteiger partial charge on any atom is -0.479 e. The van der Waals surface area contributed by atoms with E-state index in [0.717, 1.165) is 0 Å². The average molecular weight is 216 g/mol. The number of ether oxygens (including phenoxy) is 1. The predicted octanol–water partition coefficient (Wildman–Crippen LogP) is 1.38. The molecule has 5 heteroatoms. The molecule has 1 aromatic heterocycles. The Morgan fingerprint density at radius 3 is 2.86 bits per heavy atom. The molecule has 0 spiro atoms. The molecule has 1 heterocycles. The summed E-state index contributed by atoms with van der Waals surface area (Å²) in [5.41, 5.74) is 0.642. The van der Waals surface area contributed by atoms with E-state index in [4.69, 9.17) is 21.4 Å². The maximum absolute atomic E-state index is 10.6. The van der Waals surface area contributed by atoms with E-state index < -0.39 is 12.1 Å². The number of rotatable bonds is 4. The molecule has 1 unspecified atom stereocenters. The normalized spacial score (nSPS) is 12.4. The van der Waals surface area contributed by atoms with Crippen LogP contribution in [0.2, 0.25) is 5.02 Å². The SMILES string of the molecule is COC(Cc1ccc(Cl)cn1)C(=O)O. The first-order valence-electron chi connectivity index (χ1n) is 3.99. The maximum Gasteiger partial charge on any atom is 0.333 e. The van der Waals surface area contributed by atoms with Crippen LogP contribution >= 0.6 is 11.6 Å². The third kappa shape index (κ3) is 2.97. The van der Waals surface area contributed by atoms with E-state index in [1.165, 1.54) is 13.3 Å². The molecule has 14 heavy (non-hydrogen) atoms. The number of pyridine rings is 1. The standard InChI is InChI=1S/C9H10ClNO3/c1-14-8(9(12)13)4-7-3-2-6(10)5-11-7/h2-3,5,8H,4H2,1H3,(H,12,13). The Morgan fingerprint density at radius 2 is 2.43 bits per heavy atom. The van der Waals surface area contributed by atoms with Gasteiger partial charge in [-0.3, -0.25) is 4.98 Å². The number of aromatic nitrogens is 1. The maximum atomic E-state index is 10.6. The number of aliphatic carboxylic acids is 1. The molecule has 0 bridgehead atoms. The summed E-state index contributed by atoms with van der Waals surface area (Å²) in [7, 11) is 1.36. The summed E-state index contributed by atoms with van der Waals surface area (Å²) >= 11 is 5.63. The molecule has 76 valence electrons. The van der Waals surface area contributed by atoms with Crippen LogP contribution < -0.4 is 0 Å². The highest BCUT2D eigenvalue weighted by Crippen LogP contribution is 2.08. The second-order valence-corrected chi connectivity index (χ2v) is 3.17. The molecule has 0 aromatic carbocycles. The van der Waals surface area contributed by atoms with Crippen molar-refractivity contribution in [2.75, 3.05) is 7.11 Å². The number of carboxylic acid groups (broad SMARTS) is 1. The van der Waals surface area contributed by atoms with Crippen molar-refractivity contribution in [1.29, 1.82) is 0 Å². The zero-order valence-electron chi connectivity index (χ0n) is 7.61. The van der Waals surface area contributed by atoms with E-state index in [9.17, 15) is 4.79 Å². The van der Waals surface area contributed by atoms with Gasteiger partial charge >= 0.3 is 5.97 Å². The summed E-state index contributed by atoms with van der Waals surface area (Å²) in [6, 6.07) is 3.34. The van der Waals surface area contributed by atoms with Crippen molar-refractivity contribution < 1.29 is 14.6 Å². The average Bonchev–Trinajstić information content (AvgIpc) is 2.16. The van der Waals surface area contributed by atoms with Crippen LogP contribution in [0.4, 0.5) is 0 Å². The molecule has 0 aliphatic rings. The van der Waals surface area contributed by atoms with E-state index in [1.54, 1.807) is 12.1 Å². The van der Waals surface area contributed by atoms with E-state index in [1.807, 2.05) is 0 Å². The lowest BCUT2D eigenvalue weighted by atomic mass is 10.2. The monoisotopic (exact) mass is 215 g/mol. The number of carboxylic acids is 1. The molecule has 1 atom stereocenters. The van der Waals surface area contributed by atoms with E-state index in [-0.39, 0.29) is 6.42 Å². The van der Waals surface area contributed by atoms with Crippen LogP contribution in [0.3, 0.4) is 0 Å². The second-order valence-electron chi connectivity index (χ2n) is 2.73. The molecule has 1 aromatic rings. The van der Waals surface area contributed by atoms with Gasteiger partial charge in [0, 0.05) is 25.4 Å². The third-order valence-electron chi connectivity index (χ3n) is 1.74. The van der Waals surface area contributed by atoms with Crippen molar-refractivity contribution in [2.24, 2.45) is 0 Å². The number of halogens is 1. The van der Waals surface area contributed by atoms with Crippen LogP contribution in [0.1, 0.15) is 5.69 Å². The number of hydrogen-bond donors (Lipinski definition) is 1. The Morgan fingerprint density at radius 1 is 1.71 bits per heavy atom. The lowest BCUT2D eigenvalue weighted by Crippen LogP contribution is -2.25. The highest BCUT2D eigenvalue weighted by atomic mass is 35.5. The van der Waals surface area contributed by atoms with Crippen molar-refractivity contribution in [3.63, 3.8) is 0 Å². The van der Waals surface area contributed by atoms with Crippen LogP contribution in [0.25, 0.3) is 0 Å². The molecule has 0 saturated carbocycles. The van der Waals surface area contributed by atoms with E-state index in [0.29, 0.717) is 10.7 Å². The van der Waals surface area contributed by atoms with Crippen LogP contribution in [-0.4, -0.2) is 29.3 Å². The zero-order valence-corrected chi connectivity index (χ0v) is 8.36. The first-order valence-corrected chi connectivity index (χ1v) is 4.37. The van der Waals surface area contributed by atoms with Crippen LogP contribution in [0.5, 0.6) is 0 Å². The first kappa shape index (κ1) is 10.9. The van der Waals surface area contributed by atoms with Gasteiger partial charge in [0.25, 0.3) is 0 Å². The van der Waals surface area contributed by atoms with Gasteiger partial charge in [-0.15, -0.1) is 0 Å². The molecule has 4 nitrogen and oxygen atoms in total. The summed E-state index contributed by atoms with van der Waals surface area (Å²) in [4.78, 5) is 14.6. The zero-order chi connectivity index (χ0) is 10.6. The van der Waals surface area contributed by atoms with Gasteiger partial charge in [-0.05, 0) is 12.1 Å². The molecular formula is C9H10ClNO3. The van der Waals surface area contributed by atoms with E-state index >= 15 is 0 Å². The summed E-state index contributed by atoms with van der Waals surface area (Å²) in [6.45, 7) is 0. The van der Waals surface area contributed by atoms with Gasteiger partial charge < -0.3 is 9.84 Å². The van der Waals surface area contributed by atoms with Crippen molar-refractivity contribution >= 4 is 17.6 Å². The molecule has 0 fully saturated rings. The Balaban J connectivity index is 2.67. The Labute approximate surface area is 86.5 Å². The Kier molecular flexibility index (Phi) is 3.85. The van der Waals surface area contributed by atoms with Crippen LogP contribution in [0, 0.1) is 0 Å². The topological polar surface area (TPSA) is 59.4 Å². The van der Waals surface area contributed by atoms with Gasteiger partial charge in [0.05, 0.1) is 5.02 Å². The van der Waals surface area contributed by atoms with Crippen LogP contribution in [0.15, 0.2) is 18.3 Å². The van der Waals surface area contributed by atoms with Crippen LogP contribution in [-0.2, 0) is 16.0 Å². The van der Waals surface area contributed by atoms with Gasteiger partial charge in [-0.2, -0.15) is 0 Å². The first-order chi connectivity index (χ1) is 6.63. The number of hydrogen-bond acceptors (Lipinski definition) is 3. The molecule has 0 aliphatic heterocycles. The highest BCUT2D eigenvalue weighted by molar-refractivity contribution is 6.30. The fraction of sp³-hybridized carbons (Fsp3) is 0.333. The van der Waals surface area contributed by atoms with Gasteiger partial charge in [0.2, 0.25) is 0 Å². The van der Waals surface area contributed by atoms with Gasteiger partial charge in [0.15, 0.2) is 6.10 Å². The van der Waals surface area contributed by atoms with Crippen molar-refractivity contribution in [3.8, 4) is 0 Å². The van der Waals surface area contributed by atoms with E-state index in [2.05, 4.69) is 4.98 Å². The molecule has 1 N–H and O–H groups in total. The smallest absolute Gasteiger partial charge is 0.333 e. The molecular weight excluding hydrogens is 206 g/mol. The minimum atomic E-state index is -0.996. The fourth-order valence-electron chi connectivity index (χ4n) is 0.989. The largest absolute Gasteiger partial charge is 0.479 e. The highest BCUT2D eigenvalue weighted by Gasteiger charge is 2.17. The summed E-state index contributed by atoms with van der Waals surface area (Å²) in [6.07, 6.45) is 0.859. The fourth-order valence-corrected chi connectivity index (χ4v) is 1.10. The van der Waals surface area contributed by atoms with Gasteiger partial charge in [-0.25, -0.2) is 4.79 Å². The Hall–Kier alpha value is -1.13. The Bertz CT molecular complexity index is 312. The molecule has 0 saturated heterocycles.